The summed E-state index contributed by atoms with van der Waals surface area (Å²) >= 11 is 1.96. The van der Waals surface area contributed by atoms with Crippen LogP contribution in [0.25, 0.3) is 0 Å². The van der Waals surface area contributed by atoms with Gasteiger partial charge in [0.15, 0.2) is 0 Å². The third-order valence-electron chi connectivity index (χ3n) is 3.59. The molecule has 2 aromatic carbocycles. The van der Waals surface area contributed by atoms with Gasteiger partial charge in [0, 0.05) is 4.90 Å². The summed E-state index contributed by atoms with van der Waals surface area (Å²) in [6, 6.07) is 21.5. The first-order chi connectivity index (χ1) is 10.4. The van der Waals surface area contributed by atoms with E-state index in [1.165, 1.54) is 29.1 Å². The van der Waals surface area contributed by atoms with Gasteiger partial charge in [-0.05, 0) is 55.3 Å². The van der Waals surface area contributed by atoms with Gasteiger partial charge >= 0.3 is 0 Å². The number of hydrogen-bond acceptors (Lipinski definition) is 2. The molecule has 112 valence electrons. The predicted octanol–water partition coefficient (Wildman–Crippen LogP) is 4.64. The molecule has 1 atom stereocenters. The summed E-state index contributed by atoms with van der Waals surface area (Å²) in [5.74, 6) is 1.90. The van der Waals surface area contributed by atoms with E-state index in [0.29, 0.717) is 5.92 Å². The van der Waals surface area contributed by atoms with Crippen LogP contribution in [0.4, 0.5) is 0 Å². The SMILES string of the molecule is CCNCC(CCSc1ccccc1)Cc1ccccc1. The zero-order valence-electron chi connectivity index (χ0n) is 12.8. The van der Waals surface area contributed by atoms with Crippen LogP contribution in [0.5, 0.6) is 0 Å². The molecule has 1 nitrogen and oxygen atoms in total. The van der Waals surface area contributed by atoms with Gasteiger partial charge in [0.25, 0.3) is 0 Å². The van der Waals surface area contributed by atoms with Crippen molar-refractivity contribution in [2.45, 2.75) is 24.7 Å². The molecule has 0 heterocycles. The van der Waals surface area contributed by atoms with Gasteiger partial charge in [-0.25, -0.2) is 0 Å². The molecule has 2 aromatic rings. The summed E-state index contributed by atoms with van der Waals surface area (Å²) in [5, 5.41) is 3.51. The molecule has 0 aliphatic heterocycles. The van der Waals surface area contributed by atoms with E-state index in [4.69, 9.17) is 0 Å². The highest BCUT2D eigenvalue weighted by atomic mass is 32.2. The largest absolute Gasteiger partial charge is 0.317 e. The second-order valence-electron chi connectivity index (χ2n) is 5.31. The number of nitrogens with one attached hydrogen (secondary N) is 1. The zero-order valence-corrected chi connectivity index (χ0v) is 13.6. The Bertz CT molecular complexity index is 483. The van der Waals surface area contributed by atoms with Gasteiger partial charge in [-0.1, -0.05) is 55.5 Å². The fourth-order valence-electron chi connectivity index (χ4n) is 2.43. The number of benzene rings is 2. The van der Waals surface area contributed by atoms with Crippen molar-refractivity contribution in [2.24, 2.45) is 5.92 Å². The predicted molar refractivity (Wildman–Crippen MR) is 94.0 cm³/mol. The second-order valence-corrected chi connectivity index (χ2v) is 6.48. The van der Waals surface area contributed by atoms with Crippen LogP contribution in [0, 0.1) is 5.92 Å². The van der Waals surface area contributed by atoms with Crippen LogP contribution < -0.4 is 5.32 Å². The first kappa shape index (κ1) is 16.1. The maximum absolute atomic E-state index is 3.51. The van der Waals surface area contributed by atoms with Crippen molar-refractivity contribution >= 4 is 11.8 Å². The van der Waals surface area contributed by atoms with Crippen LogP contribution >= 0.6 is 11.8 Å². The van der Waals surface area contributed by atoms with Crippen molar-refractivity contribution in [3.8, 4) is 0 Å². The minimum atomic E-state index is 0.712. The molecule has 0 spiro atoms. The van der Waals surface area contributed by atoms with Gasteiger partial charge in [0.2, 0.25) is 0 Å². The summed E-state index contributed by atoms with van der Waals surface area (Å²) in [4.78, 5) is 1.37. The lowest BCUT2D eigenvalue weighted by Gasteiger charge is -2.17. The number of thioether (sulfide) groups is 1. The molecule has 2 rings (SSSR count). The summed E-state index contributed by atoms with van der Waals surface area (Å²) in [7, 11) is 0. The van der Waals surface area contributed by atoms with Crippen LogP contribution in [0.3, 0.4) is 0 Å². The molecule has 1 N–H and O–H groups in total. The topological polar surface area (TPSA) is 12.0 Å². The lowest BCUT2D eigenvalue weighted by Crippen LogP contribution is -2.24. The summed E-state index contributed by atoms with van der Waals surface area (Å²) in [5.41, 5.74) is 1.45. The van der Waals surface area contributed by atoms with Crippen LogP contribution in [-0.4, -0.2) is 18.8 Å². The third kappa shape index (κ3) is 6.36. The number of rotatable bonds is 9. The monoisotopic (exact) mass is 299 g/mol. The highest BCUT2D eigenvalue weighted by Gasteiger charge is 2.09. The normalized spacial score (nSPS) is 12.2. The fourth-order valence-corrected chi connectivity index (χ4v) is 3.47. The molecule has 0 aliphatic rings. The Kier molecular flexibility index (Phi) is 7.41. The van der Waals surface area contributed by atoms with E-state index in [9.17, 15) is 0 Å². The van der Waals surface area contributed by atoms with E-state index >= 15 is 0 Å². The Morgan fingerprint density at radius 2 is 1.62 bits per heavy atom. The first-order valence-corrected chi connectivity index (χ1v) is 8.79. The average Bonchev–Trinajstić information content (AvgIpc) is 2.54. The molecule has 0 amide bonds. The van der Waals surface area contributed by atoms with Crippen molar-refractivity contribution in [3.63, 3.8) is 0 Å². The highest BCUT2D eigenvalue weighted by Crippen LogP contribution is 2.21. The molecule has 0 saturated carbocycles. The maximum atomic E-state index is 3.51. The van der Waals surface area contributed by atoms with Crippen molar-refractivity contribution in [2.75, 3.05) is 18.8 Å². The van der Waals surface area contributed by atoms with E-state index < -0.39 is 0 Å². The molecule has 21 heavy (non-hydrogen) atoms. The molecule has 0 saturated heterocycles. The van der Waals surface area contributed by atoms with Crippen molar-refractivity contribution in [1.82, 2.24) is 5.32 Å². The summed E-state index contributed by atoms with van der Waals surface area (Å²) in [6.45, 7) is 4.34. The average molecular weight is 299 g/mol. The van der Waals surface area contributed by atoms with Crippen LogP contribution in [0.2, 0.25) is 0 Å². The standard InChI is InChI=1S/C19H25NS/c1-2-20-16-18(15-17-9-5-3-6-10-17)13-14-21-19-11-7-4-8-12-19/h3-12,18,20H,2,13-16H2,1H3. The Morgan fingerprint density at radius 1 is 0.952 bits per heavy atom. The fraction of sp³-hybridized carbons (Fsp3) is 0.368. The quantitative estimate of drug-likeness (QED) is 0.677. The van der Waals surface area contributed by atoms with Crippen LogP contribution in [-0.2, 0) is 6.42 Å². The van der Waals surface area contributed by atoms with Crippen LogP contribution in [0.1, 0.15) is 18.9 Å². The minimum absolute atomic E-state index is 0.712. The Hall–Kier alpha value is -1.25. The maximum Gasteiger partial charge on any atom is 0.00719 e. The van der Waals surface area contributed by atoms with Gasteiger partial charge in [-0.15, -0.1) is 11.8 Å². The van der Waals surface area contributed by atoms with E-state index in [-0.39, 0.29) is 0 Å². The second kappa shape index (κ2) is 9.64. The summed E-state index contributed by atoms with van der Waals surface area (Å²) in [6.07, 6.45) is 2.42. The first-order valence-electron chi connectivity index (χ1n) is 7.81. The lowest BCUT2D eigenvalue weighted by atomic mass is 9.97. The number of hydrogen-bond donors (Lipinski definition) is 1. The molecule has 0 aliphatic carbocycles. The van der Waals surface area contributed by atoms with Crippen molar-refractivity contribution < 1.29 is 0 Å². The highest BCUT2D eigenvalue weighted by molar-refractivity contribution is 7.99. The molecule has 0 fully saturated rings. The zero-order chi connectivity index (χ0) is 14.8. The molecule has 0 bridgehead atoms. The molecular formula is C19H25NS. The van der Waals surface area contributed by atoms with Crippen LogP contribution in [0.15, 0.2) is 65.6 Å². The van der Waals surface area contributed by atoms with Crippen molar-refractivity contribution in [1.29, 1.82) is 0 Å². The van der Waals surface area contributed by atoms with E-state index in [1.807, 2.05) is 11.8 Å². The Labute approximate surface area is 133 Å². The lowest BCUT2D eigenvalue weighted by molar-refractivity contribution is 0.470. The minimum Gasteiger partial charge on any atom is -0.317 e. The van der Waals surface area contributed by atoms with E-state index in [1.54, 1.807) is 0 Å². The molecule has 1 unspecified atom stereocenters. The van der Waals surface area contributed by atoms with E-state index in [0.717, 1.165) is 13.1 Å². The Balaban J connectivity index is 1.81. The third-order valence-corrected chi connectivity index (χ3v) is 4.63. The molecule has 2 heteroatoms. The van der Waals surface area contributed by atoms with Gasteiger partial charge in [-0.3, -0.25) is 0 Å². The summed E-state index contributed by atoms with van der Waals surface area (Å²) < 4.78 is 0. The molecule has 0 aromatic heterocycles. The van der Waals surface area contributed by atoms with Gasteiger partial charge in [0.1, 0.15) is 0 Å². The molecule has 0 radical (unpaired) electrons. The van der Waals surface area contributed by atoms with Gasteiger partial charge in [0.05, 0.1) is 0 Å². The van der Waals surface area contributed by atoms with E-state index in [2.05, 4.69) is 72.9 Å². The smallest absolute Gasteiger partial charge is 0.00719 e. The Morgan fingerprint density at radius 3 is 2.29 bits per heavy atom. The van der Waals surface area contributed by atoms with Gasteiger partial charge < -0.3 is 5.32 Å². The van der Waals surface area contributed by atoms with Gasteiger partial charge in [-0.2, -0.15) is 0 Å². The molecular weight excluding hydrogens is 274 g/mol. The van der Waals surface area contributed by atoms with Crippen molar-refractivity contribution in [3.05, 3.63) is 66.2 Å².